The normalized spacial score (nSPS) is 11.5. The molecule has 188 valence electrons. The van der Waals surface area contributed by atoms with Gasteiger partial charge in [0.25, 0.3) is 15.6 Å². The van der Waals surface area contributed by atoms with Gasteiger partial charge in [-0.1, -0.05) is 11.6 Å². The Kier molecular flexibility index (Phi) is 6.60. The highest BCUT2D eigenvalue weighted by Gasteiger charge is 2.23. The average molecular weight is 556 g/mol. The number of fused-ring (bicyclic) bond motifs is 1. The number of hydrogen-bond donors (Lipinski definition) is 4. The number of aryl methyl sites for hydroxylation is 1. The smallest absolute Gasteiger partial charge is 0.333 e. The molecule has 10 nitrogen and oxygen atoms in total. The zero-order valence-electron chi connectivity index (χ0n) is 18.4. The predicted molar refractivity (Wildman–Crippen MR) is 133 cm³/mol. The molecule has 0 fully saturated rings. The van der Waals surface area contributed by atoms with Gasteiger partial charge in [0, 0.05) is 18.4 Å². The molecule has 4 rings (SSSR count). The van der Waals surface area contributed by atoms with E-state index in [0.29, 0.717) is 28.0 Å². The quantitative estimate of drug-likeness (QED) is 0.297. The van der Waals surface area contributed by atoms with Crippen LogP contribution in [0, 0.1) is 18.6 Å². The van der Waals surface area contributed by atoms with Crippen molar-refractivity contribution in [3.63, 3.8) is 0 Å². The van der Waals surface area contributed by atoms with Crippen LogP contribution >= 0.6 is 22.9 Å². The number of urea groups is 1. The lowest BCUT2D eigenvalue weighted by molar-refractivity contribution is 0.256. The Labute approximate surface area is 210 Å². The molecular formula is C21H16ClF2N5O5S2. The van der Waals surface area contributed by atoms with Gasteiger partial charge >= 0.3 is 11.7 Å². The lowest BCUT2D eigenvalue weighted by Crippen LogP contribution is -2.35. The molecule has 0 atom stereocenters. The van der Waals surface area contributed by atoms with Crippen LogP contribution in [0.15, 0.2) is 50.2 Å². The Morgan fingerprint density at radius 1 is 1.08 bits per heavy atom. The molecule has 2 amide bonds. The Hall–Kier alpha value is -3.75. The Morgan fingerprint density at radius 3 is 2.33 bits per heavy atom. The van der Waals surface area contributed by atoms with Crippen LogP contribution in [0.5, 0.6) is 0 Å². The van der Waals surface area contributed by atoms with Crippen LogP contribution in [-0.2, 0) is 10.0 Å². The fraction of sp³-hybridized carbons (Fsp3) is 0.0952. The first kappa shape index (κ1) is 25.3. The van der Waals surface area contributed by atoms with Gasteiger partial charge in [-0.2, -0.15) is 0 Å². The van der Waals surface area contributed by atoms with E-state index >= 15 is 0 Å². The second kappa shape index (κ2) is 9.37. The van der Waals surface area contributed by atoms with E-state index in [1.165, 1.54) is 18.2 Å². The van der Waals surface area contributed by atoms with Crippen molar-refractivity contribution >= 4 is 61.3 Å². The summed E-state index contributed by atoms with van der Waals surface area (Å²) >= 11 is 6.59. The van der Waals surface area contributed by atoms with Gasteiger partial charge in [-0.3, -0.25) is 4.79 Å². The van der Waals surface area contributed by atoms with Gasteiger partial charge in [0.2, 0.25) is 0 Å². The van der Waals surface area contributed by atoms with Crippen molar-refractivity contribution in [1.82, 2.24) is 14.3 Å². The molecule has 2 heterocycles. The molecule has 36 heavy (non-hydrogen) atoms. The fourth-order valence-corrected chi connectivity index (χ4v) is 5.94. The molecule has 0 bridgehead atoms. The number of nitrogens with one attached hydrogen (secondary N) is 4. The van der Waals surface area contributed by atoms with Gasteiger partial charge in [0.15, 0.2) is 11.6 Å². The molecule has 0 spiro atoms. The topological polar surface area (TPSA) is 142 Å². The monoisotopic (exact) mass is 555 g/mol. The molecule has 0 unspecified atom stereocenters. The molecule has 0 saturated carbocycles. The van der Waals surface area contributed by atoms with E-state index < -0.39 is 50.3 Å². The number of thiophene rings is 1. The summed E-state index contributed by atoms with van der Waals surface area (Å²) in [5.41, 5.74) is -2.25. The summed E-state index contributed by atoms with van der Waals surface area (Å²) in [7, 11) is -2.67. The number of anilines is 2. The minimum absolute atomic E-state index is 0.00287. The summed E-state index contributed by atoms with van der Waals surface area (Å²) < 4.78 is 56.5. The van der Waals surface area contributed by atoms with Crippen LogP contribution in [0.3, 0.4) is 0 Å². The number of hydrogen-bond acceptors (Lipinski definition) is 7. The predicted octanol–water partition coefficient (Wildman–Crippen LogP) is 3.53. The summed E-state index contributed by atoms with van der Waals surface area (Å²) in [4.78, 5) is 40.0. The molecule has 4 aromatic rings. The molecule has 0 aliphatic rings. The number of H-pyrrole nitrogens is 1. The van der Waals surface area contributed by atoms with E-state index in [-0.39, 0.29) is 19.4 Å². The Balaban J connectivity index is 1.66. The number of aromatic nitrogens is 2. The van der Waals surface area contributed by atoms with Crippen molar-refractivity contribution in [2.75, 3.05) is 17.7 Å². The zero-order chi connectivity index (χ0) is 26.4. The number of rotatable bonds is 5. The van der Waals surface area contributed by atoms with E-state index in [2.05, 4.69) is 10.3 Å². The summed E-state index contributed by atoms with van der Waals surface area (Å²) in [5, 5.41) is 4.84. The van der Waals surface area contributed by atoms with Crippen molar-refractivity contribution in [2.45, 2.75) is 11.1 Å². The Morgan fingerprint density at radius 2 is 1.75 bits per heavy atom. The molecular weight excluding hydrogens is 540 g/mol. The second-order valence-electron chi connectivity index (χ2n) is 7.45. The van der Waals surface area contributed by atoms with Crippen LogP contribution in [0.4, 0.5) is 25.0 Å². The van der Waals surface area contributed by atoms with Crippen LogP contribution in [0.1, 0.15) is 5.56 Å². The van der Waals surface area contributed by atoms with Gasteiger partial charge in [-0.15, -0.1) is 11.3 Å². The number of aromatic amines is 1. The number of amides is 2. The largest absolute Gasteiger partial charge is 0.388 e. The van der Waals surface area contributed by atoms with Crippen LogP contribution < -0.4 is 26.6 Å². The van der Waals surface area contributed by atoms with E-state index in [1.54, 1.807) is 24.8 Å². The van der Waals surface area contributed by atoms with Crippen molar-refractivity contribution in [1.29, 1.82) is 0 Å². The van der Waals surface area contributed by atoms with Gasteiger partial charge in [-0.25, -0.2) is 36.1 Å². The maximum Gasteiger partial charge on any atom is 0.333 e. The summed E-state index contributed by atoms with van der Waals surface area (Å²) in [5.74, 6) is -2.71. The lowest BCUT2D eigenvalue weighted by atomic mass is 10.2. The van der Waals surface area contributed by atoms with Crippen LogP contribution in [0.2, 0.25) is 4.34 Å². The van der Waals surface area contributed by atoms with Gasteiger partial charge in [0.05, 0.1) is 15.2 Å². The standard InChI is InChI=1S/C21H16ClF2N5O5S2/c1-9-5-16(35-18(9)22)36(33,34)28-20(31)26-11-6-13(23)17(14(24)7-11)29-19(30)12-4-3-10(25-2)8-15(12)27-21(29)32/h3-8,25H,1-2H3,(H,27,32)(H2,26,28,31). The first-order valence-electron chi connectivity index (χ1n) is 9.97. The van der Waals surface area contributed by atoms with Gasteiger partial charge in [0.1, 0.15) is 9.90 Å². The number of halogens is 3. The first-order valence-corrected chi connectivity index (χ1v) is 12.6. The number of benzene rings is 2. The Bertz CT molecular complexity index is 1720. The minimum Gasteiger partial charge on any atom is -0.388 e. The minimum atomic E-state index is -4.30. The molecule has 0 aliphatic carbocycles. The van der Waals surface area contributed by atoms with E-state index in [1.807, 2.05) is 5.32 Å². The van der Waals surface area contributed by atoms with Gasteiger partial charge < -0.3 is 15.6 Å². The van der Waals surface area contributed by atoms with E-state index in [0.717, 1.165) is 11.3 Å². The van der Waals surface area contributed by atoms with Crippen LogP contribution in [-0.4, -0.2) is 31.0 Å². The molecule has 0 aliphatic heterocycles. The summed E-state index contributed by atoms with van der Waals surface area (Å²) in [6, 6.07) is 5.65. The summed E-state index contributed by atoms with van der Waals surface area (Å²) in [6.07, 6.45) is 0. The molecule has 2 aromatic carbocycles. The highest BCUT2D eigenvalue weighted by Crippen LogP contribution is 2.30. The van der Waals surface area contributed by atoms with Crippen LogP contribution in [0.25, 0.3) is 16.6 Å². The fourth-order valence-electron chi connectivity index (χ4n) is 3.32. The molecule has 0 radical (unpaired) electrons. The molecule has 4 N–H and O–H groups in total. The third kappa shape index (κ3) is 4.69. The SMILES string of the molecule is CNc1ccc2c(=O)n(-c3c(F)cc(NC(=O)NS(=O)(=O)c4cc(C)c(Cl)s4)cc3F)c(=O)[nH]c2c1. The second-order valence-corrected chi connectivity index (χ2v) is 11.0. The van der Waals surface area contributed by atoms with Crippen molar-refractivity contribution < 1.29 is 22.0 Å². The molecule has 15 heteroatoms. The lowest BCUT2D eigenvalue weighted by Gasteiger charge is -2.12. The van der Waals surface area contributed by atoms with Gasteiger partial charge in [-0.05, 0) is 48.9 Å². The zero-order valence-corrected chi connectivity index (χ0v) is 20.8. The van der Waals surface area contributed by atoms with Crippen molar-refractivity contribution in [2.24, 2.45) is 0 Å². The summed E-state index contributed by atoms with van der Waals surface area (Å²) in [6.45, 7) is 1.58. The number of carbonyl (C=O) groups is 1. The van der Waals surface area contributed by atoms with E-state index in [4.69, 9.17) is 11.6 Å². The van der Waals surface area contributed by atoms with E-state index in [9.17, 15) is 31.6 Å². The third-order valence-corrected chi connectivity index (χ3v) is 8.37. The first-order chi connectivity index (χ1) is 16.9. The maximum absolute atomic E-state index is 14.9. The number of sulfonamides is 1. The third-order valence-electron chi connectivity index (χ3n) is 5.01. The number of nitrogens with zero attached hydrogens (tertiary/aromatic N) is 1. The highest BCUT2D eigenvalue weighted by atomic mass is 35.5. The molecule has 0 saturated heterocycles. The molecule has 2 aromatic heterocycles. The maximum atomic E-state index is 14.9. The average Bonchev–Trinajstić information content (AvgIpc) is 3.13. The number of carbonyl (C=O) groups excluding carboxylic acids is 1. The highest BCUT2D eigenvalue weighted by molar-refractivity contribution is 7.92. The van der Waals surface area contributed by atoms with Crippen molar-refractivity contribution in [3.8, 4) is 5.69 Å². The van der Waals surface area contributed by atoms with Crippen molar-refractivity contribution in [3.05, 3.63) is 78.8 Å².